The van der Waals surface area contributed by atoms with Gasteiger partial charge in [-0.1, -0.05) is 23.2 Å². The molecule has 22 heavy (non-hydrogen) atoms. The molecular formula is C14H12Cl2N4OS. The van der Waals surface area contributed by atoms with E-state index in [-0.39, 0.29) is 11.5 Å². The maximum absolute atomic E-state index is 11.8. The Kier molecular flexibility index (Phi) is 4.33. The molecule has 0 aliphatic carbocycles. The molecule has 0 bridgehead atoms. The van der Waals surface area contributed by atoms with Crippen molar-refractivity contribution in [3.63, 3.8) is 0 Å². The van der Waals surface area contributed by atoms with E-state index in [0.717, 1.165) is 22.8 Å². The summed E-state index contributed by atoms with van der Waals surface area (Å²) < 4.78 is 0. The number of anilines is 1. The lowest BCUT2D eigenvalue weighted by Gasteiger charge is -2.03. The summed E-state index contributed by atoms with van der Waals surface area (Å²) in [5.74, 6) is 0.912. The number of aromatic nitrogens is 3. The van der Waals surface area contributed by atoms with Gasteiger partial charge in [0.15, 0.2) is 0 Å². The maximum atomic E-state index is 11.8. The van der Waals surface area contributed by atoms with Gasteiger partial charge in [-0.15, -0.1) is 11.8 Å². The molecule has 0 atom stereocenters. The van der Waals surface area contributed by atoms with Crippen LogP contribution in [0.15, 0.2) is 34.0 Å². The maximum Gasteiger partial charge on any atom is 0.261 e. The van der Waals surface area contributed by atoms with Crippen LogP contribution in [0.1, 0.15) is 5.69 Å². The molecule has 0 aliphatic heterocycles. The van der Waals surface area contributed by atoms with Crippen LogP contribution in [0.25, 0.3) is 11.0 Å². The lowest BCUT2D eigenvalue weighted by Crippen LogP contribution is -2.09. The highest BCUT2D eigenvalue weighted by Crippen LogP contribution is 2.30. The van der Waals surface area contributed by atoms with E-state index in [4.69, 9.17) is 28.9 Å². The van der Waals surface area contributed by atoms with Crippen molar-refractivity contribution in [2.75, 3.05) is 11.5 Å². The fraction of sp³-hybridized carbons (Fsp3) is 0.143. The van der Waals surface area contributed by atoms with Gasteiger partial charge in [0.1, 0.15) is 5.65 Å². The second-order valence-corrected chi connectivity index (χ2v) is 6.66. The number of benzene rings is 1. The van der Waals surface area contributed by atoms with Crippen LogP contribution in [-0.2, 0) is 6.42 Å². The van der Waals surface area contributed by atoms with Gasteiger partial charge in [-0.2, -0.15) is 4.98 Å². The average Bonchev–Trinajstić information content (AvgIpc) is 2.84. The quantitative estimate of drug-likeness (QED) is 0.626. The molecule has 0 aliphatic rings. The number of hydrogen-bond acceptors (Lipinski definition) is 4. The van der Waals surface area contributed by atoms with Gasteiger partial charge in [0.25, 0.3) is 5.56 Å². The average molecular weight is 355 g/mol. The largest absolute Gasteiger partial charge is 0.369 e. The summed E-state index contributed by atoms with van der Waals surface area (Å²) in [6.45, 7) is 0. The fourth-order valence-corrected chi connectivity index (χ4v) is 3.56. The van der Waals surface area contributed by atoms with Crippen LogP contribution in [0, 0.1) is 0 Å². The molecule has 5 nitrogen and oxygen atoms in total. The van der Waals surface area contributed by atoms with Crippen molar-refractivity contribution in [2.45, 2.75) is 11.3 Å². The molecule has 114 valence electrons. The van der Waals surface area contributed by atoms with E-state index in [1.54, 1.807) is 23.9 Å². The van der Waals surface area contributed by atoms with Gasteiger partial charge in [0.05, 0.1) is 10.4 Å². The summed E-state index contributed by atoms with van der Waals surface area (Å²) in [4.78, 5) is 22.4. The Morgan fingerprint density at radius 1 is 1.23 bits per heavy atom. The molecule has 3 rings (SSSR count). The van der Waals surface area contributed by atoms with Gasteiger partial charge in [-0.25, -0.2) is 0 Å². The Hall–Kier alpha value is -1.63. The summed E-state index contributed by atoms with van der Waals surface area (Å²) in [7, 11) is 0. The number of H-pyrrole nitrogens is 2. The molecule has 0 saturated heterocycles. The molecule has 3 aromatic rings. The molecule has 0 saturated carbocycles. The number of nitrogens with two attached hydrogens (primary N) is 1. The van der Waals surface area contributed by atoms with Crippen molar-refractivity contribution in [3.8, 4) is 0 Å². The lowest BCUT2D eigenvalue weighted by molar-refractivity contribution is 1.08. The minimum Gasteiger partial charge on any atom is -0.369 e. The third kappa shape index (κ3) is 3.24. The molecular weight excluding hydrogens is 343 g/mol. The SMILES string of the molecule is Nc1nc2[nH]c(CCSc3ccc(Cl)cc3Cl)cc2c(=O)[nH]1. The molecule has 1 aromatic carbocycles. The van der Waals surface area contributed by atoms with Gasteiger partial charge >= 0.3 is 0 Å². The molecule has 4 N–H and O–H groups in total. The van der Waals surface area contributed by atoms with E-state index in [1.165, 1.54) is 0 Å². The summed E-state index contributed by atoms with van der Waals surface area (Å²) >= 11 is 13.6. The standard InChI is InChI=1S/C14H12Cl2N4OS/c15-7-1-2-11(10(16)5-7)22-4-3-8-6-9-12(18-8)19-14(17)20-13(9)21/h1-2,5-6H,3-4H2,(H4,17,18,19,20,21). The second-order valence-electron chi connectivity index (χ2n) is 4.68. The van der Waals surface area contributed by atoms with E-state index in [0.29, 0.717) is 21.1 Å². The van der Waals surface area contributed by atoms with E-state index < -0.39 is 0 Å². The first kappa shape index (κ1) is 15.3. The summed E-state index contributed by atoms with van der Waals surface area (Å²) in [5, 5.41) is 1.77. The number of aromatic amines is 2. The third-order valence-corrected chi connectivity index (χ3v) is 4.83. The lowest BCUT2D eigenvalue weighted by atomic mass is 10.3. The Morgan fingerprint density at radius 2 is 2.05 bits per heavy atom. The Bertz CT molecular complexity index is 890. The first-order valence-corrected chi connectivity index (χ1v) is 8.22. The zero-order valence-electron chi connectivity index (χ0n) is 11.3. The van der Waals surface area contributed by atoms with Crippen LogP contribution in [0.5, 0.6) is 0 Å². The van der Waals surface area contributed by atoms with Crippen molar-refractivity contribution >= 4 is 51.9 Å². The minimum absolute atomic E-state index is 0.105. The van der Waals surface area contributed by atoms with Crippen molar-refractivity contribution in [3.05, 3.63) is 50.4 Å². The molecule has 2 heterocycles. The number of halogens is 2. The Morgan fingerprint density at radius 3 is 2.82 bits per heavy atom. The first-order chi connectivity index (χ1) is 10.5. The highest BCUT2D eigenvalue weighted by atomic mass is 35.5. The molecule has 0 unspecified atom stereocenters. The number of nitrogens with one attached hydrogen (secondary N) is 2. The number of fused-ring (bicyclic) bond motifs is 1. The molecule has 0 fully saturated rings. The number of hydrogen-bond donors (Lipinski definition) is 3. The van der Waals surface area contributed by atoms with Crippen LogP contribution in [-0.4, -0.2) is 20.7 Å². The topological polar surface area (TPSA) is 87.6 Å². The van der Waals surface area contributed by atoms with Gasteiger partial charge in [0.2, 0.25) is 5.95 Å². The van der Waals surface area contributed by atoms with Crippen molar-refractivity contribution in [1.29, 1.82) is 0 Å². The molecule has 8 heteroatoms. The monoisotopic (exact) mass is 354 g/mol. The van der Waals surface area contributed by atoms with E-state index in [9.17, 15) is 4.79 Å². The van der Waals surface area contributed by atoms with E-state index in [2.05, 4.69) is 15.0 Å². The number of nitrogen functional groups attached to an aromatic ring is 1. The van der Waals surface area contributed by atoms with E-state index in [1.807, 2.05) is 12.1 Å². The predicted octanol–water partition coefficient (Wildman–Crippen LogP) is 3.48. The molecule has 0 amide bonds. The molecule has 2 aromatic heterocycles. The highest BCUT2D eigenvalue weighted by Gasteiger charge is 2.08. The number of nitrogens with zero attached hydrogens (tertiary/aromatic N) is 1. The van der Waals surface area contributed by atoms with E-state index >= 15 is 0 Å². The van der Waals surface area contributed by atoms with Gasteiger partial charge in [-0.3, -0.25) is 9.78 Å². The Balaban J connectivity index is 1.71. The normalized spacial score (nSPS) is 11.2. The molecule has 0 spiro atoms. The van der Waals surface area contributed by atoms with Gasteiger partial charge in [-0.05, 0) is 30.7 Å². The van der Waals surface area contributed by atoms with Gasteiger partial charge in [0, 0.05) is 21.4 Å². The van der Waals surface area contributed by atoms with Crippen molar-refractivity contribution in [2.24, 2.45) is 0 Å². The van der Waals surface area contributed by atoms with Crippen molar-refractivity contribution < 1.29 is 0 Å². The number of thioether (sulfide) groups is 1. The van der Waals surface area contributed by atoms with Crippen LogP contribution in [0.4, 0.5) is 5.95 Å². The van der Waals surface area contributed by atoms with Gasteiger partial charge < -0.3 is 10.7 Å². The second kappa shape index (κ2) is 6.24. The summed E-state index contributed by atoms with van der Waals surface area (Å²) in [5.41, 5.74) is 6.72. The van der Waals surface area contributed by atoms with Crippen LogP contribution >= 0.6 is 35.0 Å². The number of aryl methyl sites for hydroxylation is 1. The minimum atomic E-state index is -0.238. The van der Waals surface area contributed by atoms with Crippen LogP contribution in [0.2, 0.25) is 10.0 Å². The fourth-order valence-electron chi connectivity index (χ4n) is 2.09. The number of rotatable bonds is 4. The Labute approximate surface area is 140 Å². The summed E-state index contributed by atoms with van der Waals surface area (Å²) in [6.07, 6.45) is 0.749. The summed E-state index contributed by atoms with van der Waals surface area (Å²) in [6, 6.07) is 7.23. The predicted molar refractivity (Wildman–Crippen MR) is 92.0 cm³/mol. The molecule has 0 radical (unpaired) electrons. The first-order valence-electron chi connectivity index (χ1n) is 6.48. The smallest absolute Gasteiger partial charge is 0.261 e. The van der Waals surface area contributed by atoms with Crippen molar-refractivity contribution in [1.82, 2.24) is 15.0 Å². The van der Waals surface area contributed by atoms with Crippen LogP contribution < -0.4 is 11.3 Å². The zero-order chi connectivity index (χ0) is 15.7. The third-order valence-electron chi connectivity index (χ3n) is 3.09. The van der Waals surface area contributed by atoms with Crippen LogP contribution in [0.3, 0.4) is 0 Å². The highest BCUT2D eigenvalue weighted by molar-refractivity contribution is 7.99. The zero-order valence-corrected chi connectivity index (χ0v) is 13.6.